The predicted molar refractivity (Wildman–Crippen MR) is 69.1 cm³/mol. The fourth-order valence-electron chi connectivity index (χ4n) is 3.80. The summed E-state index contributed by atoms with van der Waals surface area (Å²) in [4.78, 5) is 11.8. The monoisotopic (exact) mass is 264 g/mol. The highest BCUT2D eigenvalue weighted by Crippen LogP contribution is 2.50. The van der Waals surface area contributed by atoms with E-state index in [1.807, 2.05) is 13.8 Å². The first-order chi connectivity index (χ1) is 8.91. The third-order valence-electron chi connectivity index (χ3n) is 5.13. The Bertz CT molecular complexity index is 479. The molecule has 0 amide bonds. The molecular weight excluding hydrogens is 244 g/mol. The molecule has 0 spiro atoms. The first kappa shape index (κ1) is 12.9. The van der Waals surface area contributed by atoms with Crippen molar-refractivity contribution in [1.29, 1.82) is 0 Å². The van der Waals surface area contributed by atoms with E-state index in [-0.39, 0.29) is 29.8 Å². The maximum absolute atomic E-state index is 11.8. The number of aliphatic hydroxyl groups is 2. The van der Waals surface area contributed by atoms with E-state index in [0.717, 1.165) is 16.7 Å². The molecule has 0 aromatic heterocycles. The lowest BCUT2D eigenvalue weighted by Gasteiger charge is -2.24. The lowest BCUT2D eigenvalue weighted by atomic mass is 9.81. The SMILES string of the molecule is C=C1[C@H]2C(=C(C)[C@H](O)C[C@@H]3[C@H]2OC(=O)[C@H]3C)C[C@H]1O. The van der Waals surface area contributed by atoms with Gasteiger partial charge in [-0.05, 0) is 30.9 Å². The van der Waals surface area contributed by atoms with Gasteiger partial charge in [-0.2, -0.15) is 0 Å². The summed E-state index contributed by atoms with van der Waals surface area (Å²) in [7, 11) is 0. The Morgan fingerprint density at radius 2 is 2.00 bits per heavy atom. The molecule has 0 aromatic carbocycles. The van der Waals surface area contributed by atoms with Gasteiger partial charge in [0, 0.05) is 11.8 Å². The van der Waals surface area contributed by atoms with E-state index in [1.54, 1.807) is 0 Å². The number of rotatable bonds is 0. The van der Waals surface area contributed by atoms with Gasteiger partial charge >= 0.3 is 5.97 Å². The second-order valence-corrected chi connectivity index (χ2v) is 6.09. The fraction of sp³-hybridized carbons (Fsp3) is 0.667. The van der Waals surface area contributed by atoms with Gasteiger partial charge in [0.2, 0.25) is 0 Å². The number of carbonyl (C=O) groups is 1. The van der Waals surface area contributed by atoms with Crippen LogP contribution in [0.15, 0.2) is 23.3 Å². The van der Waals surface area contributed by atoms with Crippen molar-refractivity contribution in [1.82, 2.24) is 0 Å². The molecule has 4 heteroatoms. The first-order valence-electron chi connectivity index (χ1n) is 6.86. The van der Waals surface area contributed by atoms with E-state index >= 15 is 0 Å². The molecule has 3 rings (SSSR count). The molecule has 4 nitrogen and oxygen atoms in total. The standard InChI is InChI=1S/C15H20O4/c1-6-9-4-12(17)8(3)13(9)14-10(5-11(6)16)7(2)15(18)19-14/h7,10-14,16-17H,3-5H2,1-2H3/t7-,10-,11+,12+,13-,14+/m0/s1. The van der Waals surface area contributed by atoms with Crippen LogP contribution in [0.2, 0.25) is 0 Å². The summed E-state index contributed by atoms with van der Waals surface area (Å²) in [6.45, 7) is 7.74. The molecule has 0 unspecified atom stereocenters. The van der Waals surface area contributed by atoms with Crippen LogP contribution in [0, 0.1) is 17.8 Å². The van der Waals surface area contributed by atoms with E-state index in [2.05, 4.69) is 6.58 Å². The van der Waals surface area contributed by atoms with Crippen molar-refractivity contribution in [2.24, 2.45) is 17.8 Å². The predicted octanol–water partition coefficient (Wildman–Crippen LogP) is 1.18. The van der Waals surface area contributed by atoms with Gasteiger partial charge in [-0.15, -0.1) is 0 Å². The van der Waals surface area contributed by atoms with Crippen molar-refractivity contribution in [2.45, 2.75) is 45.0 Å². The van der Waals surface area contributed by atoms with E-state index < -0.39 is 12.2 Å². The van der Waals surface area contributed by atoms with Gasteiger partial charge in [-0.25, -0.2) is 0 Å². The van der Waals surface area contributed by atoms with Gasteiger partial charge in [0.1, 0.15) is 6.10 Å². The van der Waals surface area contributed by atoms with E-state index in [0.29, 0.717) is 12.8 Å². The highest BCUT2D eigenvalue weighted by Gasteiger charge is 2.52. The molecular formula is C15H20O4. The third-order valence-corrected chi connectivity index (χ3v) is 5.13. The molecule has 1 saturated carbocycles. The minimum atomic E-state index is -0.587. The number of aliphatic hydroxyl groups excluding tert-OH is 2. The maximum Gasteiger partial charge on any atom is 0.309 e. The number of carbonyl (C=O) groups excluding carboxylic acids is 1. The first-order valence-corrected chi connectivity index (χ1v) is 6.86. The average Bonchev–Trinajstić information content (AvgIpc) is 2.77. The lowest BCUT2D eigenvalue weighted by molar-refractivity contribution is -0.144. The number of hydrogen-bond donors (Lipinski definition) is 2. The van der Waals surface area contributed by atoms with Crippen molar-refractivity contribution >= 4 is 5.97 Å². The number of fused-ring (bicyclic) bond motifs is 3. The zero-order valence-electron chi connectivity index (χ0n) is 11.3. The summed E-state index contributed by atoms with van der Waals surface area (Å²) in [6, 6.07) is 0. The van der Waals surface area contributed by atoms with Crippen molar-refractivity contribution in [2.75, 3.05) is 0 Å². The van der Waals surface area contributed by atoms with Gasteiger partial charge < -0.3 is 14.9 Å². The molecule has 0 radical (unpaired) electrons. The molecule has 0 bridgehead atoms. The summed E-state index contributed by atoms with van der Waals surface area (Å²) in [5, 5.41) is 20.3. The number of hydrogen-bond acceptors (Lipinski definition) is 4. The molecule has 104 valence electrons. The van der Waals surface area contributed by atoms with Crippen molar-refractivity contribution < 1.29 is 19.7 Å². The summed E-state index contributed by atoms with van der Waals surface area (Å²) in [5.74, 6) is -0.513. The fourth-order valence-corrected chi connectivity index (χ4v) is 3.80. The summed E-state index contributed by atoms with van der Waals surface area (Å²) >= 11 is 0. The summed E-state index contributed by atoms with van der Waals surface area (Å²) in [6.07, 6.45) is -0.360. The average molecular weight is 264 g/mol. The molecule has 1 aliphatic heterocycles. The largest absolute Gasteiger partial charge is 0.461 e. The molecule has 2 aliphatic carbocycles. The minimum absolute atomic E-state index is 0.00185. The number of ether oxygens (including phenoxy) is 1. The lowest BCUT2D eigenvalue weighted by Crippen LogP contribution is -2.29. The Hall–Kier alpha value is -1.13. The van der Waals surface area contributed by atoms with E-state index in [1.165, 1.54) is 0 Å². The zero-order chi connectivity index (χ0) is 13.9. The molecule has 0 aromatic rings. The van der Waals surface area contributed by atoms with Gasteiger partial charge in [0.05, 0.1) is 18.1 Å². The second-order valence-electron chi connectivity index (χ2n) is 6.09. The summed E-state index contributed by atoms with van der Waals surface area (Å²) < 4.78 is 5.53. The zero-order valence-corrected chi connectivity index (χ0v) is 11.3. The van der Waals surface area contributed by atoms with Crippen LogP contribution < -0.4 is 0 Å². The smallest absolute Gasteiger partial charge is 0.309 e. The van der Waals surface area contributed by atoms with E-state index in [9.17, 15) is 15.0 Å². The highest BCUT2D eigenvalue weighted by atomic mass is 16.6. The maximum atomic E-state index is 11.8. The topological polar surface area (TPSA) is 66.8 Å². The quantitative estimate of drug-likeness (QED) is 0.509. The van der Waals surface area contributed by atoms with E-state index in [4.69, 9.17) is 4.74 Å². The van der Waals surface area contributed by atoms with Gasteiger partial charge in [0.25, 0.3) is 0 Å². The Morgan fingerprint density at radius 3 is 2.68 bits per heavy atom. The molecule has 1 heterocycles. The van der Waals surface area contributed by atoms with Crippen molar-refractivity contribution in [3.8, 4) is 0 Å². The van der Waals surface area contributed by atoms with Gasteiger partial charge in [-0.1, -0.05) is 19.1 Å². The van der Waals surface area contributed by atoms with Crippen LogP contribution in [0.3, 0.4) is 0 Å². The molecule has 1 saturated heterocycles. The van der Waals surface area contributed by atoms with Gasteiger partial charge in [-0.3, -0.25) is 4.79 Å². The third kappa shape index (κ3) is 1.70. The Balaban J connectivity index is 2.07. The molecule has 3 aliphatic rings. The Kier molecular flexibility index (Phi) is 2.84. The Morgan fingerprint density at radius 1 is 1.32 bits per heavy atom. The normalized spacial score (nSPS) is 45.9. The minimum Gasteiger partial charge on any atom is -0.461 e. The molecule has 6 atom stereocenters. The molecule has 2 N–H and O–H groups in total. The van der Waals surface area contributed by atoms with Crippen LogP contribution in [0.5, 0.6) is 0 Å². The molecule has 2 fully saturated rings. The van der Waals surface area contributed by atoms with Crippen LogP contribution in [-0.4, -0.2) is 34.5 Å². The Labute approximate surface area is 112 Å². The van der Waals surface area contributed by atoms with Crippen LogP contribution in [0.4, 0.5) is 0 Å². The molecule has 19 heavy (non-hydrogen) atoms. The van der Waals surface area contributed by atoms with Crippen LogP contribution in [-0.2, 0) is 9.53 Å². The van der Waals surface area contributed by atoms with Crippen molar-refractivity contribution in [3.63, 3.8) is 0 Å². The highest BCUT2D eigenvalue weighted by molar-refractivity contribution is 5.75. The number of esters is 1. The van der Waals surface area contributed by atoms with Crippen LogP contribution in [0.25, 0.3) is 0 Å². The van der Waals surface area contributed by atoms with Gasteiger partial charge in [0.15, 0.2) is 0 Å². The second kappa shape index (κ2) is 4.18. The van der Waals surface area contributed by atoms with Crippen LogP contribution in [0.1, 0.15) is 26.7 Å². The van der Waals surface area contributed by atoms with Crippen LogP contribution >= 0.6 is 0 Å². The summed E-state index contributed by atoms with van der Waals surface area (Å²) in [5.41, 5.74) is 2.65. The van der Waals surface area contributed by atoms with Crippen molar-refractivity contribution in [3.05, 3.63) is 23.3 Å².